The number of aromatic nitrogens is 4. The number of hydrogen-bond acceptors (Lipinski definition) is 4. The maximum absolute atomic E-state index is 5.27. The highest BCUT2D eigenvalue weighted by Gasteiger charge is 2.58. The molecule has 0 spiro atoms. The molecule has 5 aromatic rings. The average molecular weight is 715 g/mol. The summed E-state index contributed by atoms with van der Waals surface area (Å²) >= 11 is 0. The van der Waals surface area contributed by atoms with Crippen LogP contribution < -0.4 is 0 Å². The minimum Gasteiger partial charge on any atom is -0.255 e. The Hall–Kier alpha value is -4.18. The van der Waals surface area contributed by atoms with E-state index in [-0.39, 0.29) is 32.5 Å². The van der Waals surface area contributed by atoms with Crippen LogP contribution in [0.2, 0.25) is 0 Å². The third-order valence-corrected chi connectivity index (χ3v) is 17.1. The summed E-state index contributed by atoms with van der Waals surface area (Å²) in [7, 11) is 0. The molecule has 0 saturated heterocycles. The zero-order chi connectivity index (χ0) is 38.4. The average Bonchev–Trinajstić information content (AvgIpc) is 3.34. The van der Waals surface area contributed by atoms with Crippen molar-refractivity contribution < 1.29 is 0 Å². The maximum Gasteiger partial charge on any atom is 0.165 e. The van der Waals surface area contributed by atoms with Gasteiger partial charge < -0.3 is 0 Å². The highest BCUT2D eigenvalue weighted by molar-refractivity contribution is 5.71. The lowest BCUT2D eigenvalue weighted by molar-refractivity contribution is 0.125. The van der Waals surface area contributed by atoms with E-state index in [1.54, 1.807) is 11.1 Å². The fraction of sp³-hybridized carbons (Fsp3) is 0.480. The zero-order valence-corrected chi connectivity index (χ0v) is 34.7. The van der Waals surface area contributed by atoms with Gasteiger partial charge in [0.05, 0.1) is 5.69 Å². The molecular weight excluding hydrogens is 657 g/mol. The molecule has 1 fully saturated rings. The number of pyridine rings is 1. The second-order valence-electron chi connectivity index (χ2n) is 20.4. The van der Waals surface area contributed by atoms with Gasteiger partial charge in [0.15, 0.2) is 17.5 Å². The smallest absolute Gasteiger partial charge is 0.165 e. The molecule has 0 aliphatic heterocycles. The lowest BCUT2D eigenvalue weighted by atomic mass is 9.59. The Morgan fingerprint density at radius 3 is 1.28 bits per heavy atom. The number of benzene rings is 3. The normalized spacial score (nSPS) is 24.1. The molecule has 5 aliphatic carbocycles. The van der Waals surface area contributed by atoms with Crippen LogP contribution in [0.4, 0.5) is 0 Å². The largest absolute Gasteiger partial charge is 0.255 e. The van der Waals surface area contributed by atoms with Crippen molar-refractivity contribution in [3.05, 3.63) is 106 Å². The molecule has 4 heteroatoms. The molecule has 54 heavy (non-hydrogen) atoms. The molecule has 0 atom stereocenters. The first-order valence-electron chi connectivity index (χ1n) is 20.4. The Bertz CT molecular complexity index is 2240. The monoisotopic (exact) mass is 714 g/mol. The predicted molar refractivity (Wildman–Crippen MR) is 223 cm³/mol. The summed E-state index contributed by atoms with van der Waals surface area (Å²) in [5, 5.41) is 0. The van der Waals surface area contributed by atoms with Gasteiger partial charge in [-0.1, -0.05) is 119 Å². The van der Waals surface area contributed by atoms with Gasteiger partial charge in [0.2, 0.25) is 0 Å². The molecule has 10 rings (SSSR count). The fourth-order valence-corrected chi connectivity index (χ4v) is 11.0. The summed E-state index contributed by atoms with van der Waals surface area (Å²) < 4.78 is 0. The summed E-state index contributed by atoms with van der Waals surface area (Å²) in [6.45, 7) is 28.8. The molecule has 2 heterocycles. The second kappa shape index (κ2) is 11.2. The highest BCUT2D eigenvalue weighted by Crippen LogP contribution is 2.63. The standard InChI is InChI=1S/C50H58N4/c1-45(2)37-22-18-32(26-39(37)47(5,6)49(45,9)10)42-52-43(33-19-23-38-40(27-33)48(7,8)50(11,12)46(38,3)4)54-44(53-42)34-20-24-41(51-28-34)31-17-21-35-29-13-15-30(16-14-29)36(35)25-31/h17-30H,13-16H2,1-12H3. The summed E-state index contributed by atoms with van der Waals surface area (Å²) in [6.07, 6.45) is 7.30. The Labute approximate surface area is 323 Å². The van der Waals surface area contributed by atoms with Crippen LogP contribution in [0.5, 0.6) is 0 Å². The number of nitrogens with zero attached hydrogens (tertiary/aromatic N) is 4. The molecule has 1 saturated carbocycles. The van der Waals surface area contributed by atoms with E-state index in [1.807, 2.05) is 6.20 Å². The molecule has 0 unspecified atom stereocenters. The van der Waals surface area contributed by atoms with Gasteiger partial charge in [-0.25, -0.2) is 15.0 Å². The van der Waals surface area contributed by atoms with Crippen LogP contribution in [0, 0.1) is 10.8 Å². The number of fused-ring (bicyclic) bond motifs is 4. The van der Waals surface area contributed by atoms with E-state index < -0.39 is 0 Å². The van der Waals surface area contributed by atoms with E-state index in [9.17, 15) is 0 Å². The summed E-state index contributed by atoms with van der Waals surface area (Å²) in [6, 6.07) is 25.2. The Morgan fingerprint density at radius 2 is 0.815 bits per heavy atom. The molecule has 2 bridgehead atoms. The van der Waals surface area contributed by atoms with Gasteiger partial charge >= 0.3 is 0 Å². The third kappa shape index (κ3) is 4.61. The van der Waals surface area contributed by atoms with E-state index in [4.69, 9.17) is 19.9 Å². The van der Waals surface area contributed by atoms with E-state index in [0.717, 1.165) is 28.3 Å². The van der Waals surface area contributed by atoms with E-state index >= 15 is 0 Å². The van der Waals surface area contributed by atoms with Gasteiger partial charge in [-0.15, -0.1) is 0 Å². The van der Waals surface area contributed by atoms with E-state index in [0.29, 0.717) is 23.4 Å². The van der Waals surface area contributed by atoms with Crippen molar-refractivity contribution in [3.8, 4) is 45.4 Å². The minimum absolute atomic E-state index is 0.0261. The topological polar surface area (TPSA) is 51.6 Å². The molecule has 4 nitrogen and oxygen atoms in total. The van der Waals surface area contributed by atoms with Crippen molar-refractivity contribution in [2.75, 3.05) is 0 Å². The first-order chi connectivity index (χ1) is 25.3. The lowest BCUT2D eigenvalue weighted by Gasteiger charge is -2.44. The SMILES string of the molecule is CC1(C)c2ccc(-c3nc(-c4ccc(-c5ccc6c(c5)C5CCC6CC5)nc4)nc(-c4ccc5c(c4)C(C)(C)C(C)(C)C5(C)C)n3)cc2C(C)(C)C1(C)C. The maximum atomic E-state index is 5.27. The number of rotatable bonds is 4. The van der Waals surface area contributed by atoms with E-state index in [1.165, 1.54) is 53.5 Å². The second-order valence-corrected chi connectivity index (χ2v) is 20.4. The summed E-state index contributed by atoms with van der Waals surface area (Å²) in [4.78, 5) is 20.7. The van der Waals surface area contributed by atoms with Gasteiger partial charge in [0, 0.05) is 28.5 Å². The third-order valence-electron chi connectivity index (χ3n) is 17.1. The van der Waals surface area contributed by atoms with Gasteiger partial charge in [-0.2, -0.15) is 0 Å². The Kier molecular flexibility index (Phi) is 7.37. The summed E-state index contributed by atoms with van der Waals surface area (Å²) in [5.74, 6) is 3.49. The van der Waals surface area contributed by atoms with Crippen molar-refractivity contribution in [2.45, 2.75) is 142 Å². The first-order valence-corrected chi connectivity index (χ1v) is 20.4. The van der Waals surface area contributed by atoms with Gasteiger partial charge in [0.1, 0.15) is 0 Å². The van der Waals surface area contributed by atoms with Crippen LogP contribution in [0.15, 0.2) is 72.9 Å². The molecular formula is C50H58N4. The molecule has 0 N–H and O–H groups in total. The van der Waals surface area contributed by atoms with Crippen LogP contribution in [-0.2, 0) is 21.7 Å². The van der Waals surface area contributed by atoms with Gasteiger partial charge in [0.25, 0.3) is 0 Å². The van der Waals surface area contributed by atoms with Crippen molar-refractivity contribution in [3.63, 3.8) is 0 Å². The van der Waals surface area contributed by atoms with Crippen molar-refractivity contribution in [1.82, 2.24) is 19.9 Å². The van der Waals surface area contributed by atoms with Crippen molar-refractivity contribution >= 4 is 0 Å². The molecule has 0 amide bonds. The van der Waals surface area contributed by atoms with Gasteiger partial charge in [-0.3, -0.25) is 4.98 Å². The minimum atomic E-state index is -0.0261. The van der Waals surface area contributed by atoms with Crippen LogP contribution in [0.25, 0.3) is 45.4 Å². The van der Waals surface area contributed by atoms with Gasteiger partial charge in [-0.05, 0) is 134 Å². The zero-order valence-electron chi connectivity index (χ0n) is 34.7. The lowest BCUT2D eigenvalue weighted by Crippen LogP contribution is -2.42. The van der Waals surface area contributed by atoms with E-state index in [2.05, 4.69) is 150 Å². The van der Waals surface area contributed by atoms with Crippen LogP contribution >= 0.6 is 0 Å². The predicted octanol–water partition coefficient (Wildman–Crippen LogP) is 12.9. The molecule has 2 aromatic heterocycles. The molecule has 278 valence electrons. The van der Waals surface area contributed by atoms with Crippen LogP contribution in [0.3, 0.4) is 0 Å². The quantitative estimate of drug-likeness (QED) is 0.186. The van der Waals surface area contributed by atoms with Crippen molar-refractivity contribution in [2.24, 2.45) is 10.8 Å². The first kappa shape index (κ1) is 35.5. The Morgan fingerprint density at radius 1 is 0.407 bits per heavy atom. The number of hydrogen-bond donors (Lipinski definition) is 0. The molecule has 5 aliphatic rings. The Balaban J connectivity index is 1.17. The van der Waals surface area contributed by atoms with Crippen LogP contribution in [-0.4, -0.2) is 19.9 Å². The van der Waals surface area contributed by atoms with Crippen LogP contribution in [0.1, 0.15) is 154 Å². The summed E-state index contributed by atoms with van der Waals surface area (Å²) in [5.41, 5.74) is 14.0. The fourth-order valence-electron chi connectivity index (χ4n) is 11.0. The molecule has 0 radical (unpaired) electrons. The van der Waals surface area contributed by atoms with Crippen molar-refractivity contribution in [1.29, 1.82) is 0 Å². The molecule has 3 aromatic carbocycles. The highest BCUT2D eigenvalue weighted by atomic mass is 15.0.